The highest BCUT2D eigenvalue weighted by Crippen LogP contribution is 2.20. The molecule has 1 aromatic rings. The number of carboxylic acid groups (broad SMARTS) is 1. The molecule has 0 saturated carbocycles. The fourth-order valence-corrected chi connectivity index (χ4v) is 2.14. The van der Waals surface area contributed by atoms with E-state index in [0.29, 0.717) is 24.8 Å². The summed E-state index contributed by atoms with van der Waals surface area (Å²) >= 11 is 1.44. The van der Waals surface area contributed by atoms with Crippen molar-refractivity contribution in [2.75, 3.05) is 32.7 Å². The van der Waals surface area contributed by atoms with E-state index < -0.39 is 5.97 Å². The van der Waals surface area contributed by atoms with E-state index >= 15 is 0 Å². The van der Waals surface area contributed by atoms with Gasteiger partial charge in [-0.2, -0.15) is 0 Å². The highest BCUT2D eigenvalue weighted by atomic mass is 32.2. The molecule has 100 valence electrons. The van der Waals surface area contributed by atoms with E-state index in [9.17, 15) is 4.79 Å². The van der Waals surface area contributed by atoms with Crippen LogP contribution in [0.5, 0.6) is 0 Å². The van der Waals surface area contributed by atoms with Crippen LogP contribution in [0.3, 0.4) is 0 Å². The van der Waals surface area contributed by atoms with Crippen molar-refractivity contribution in [3.63, 3.8) is 0 Å². The average Bonchev–Trinajstić information content (AvgIpc) is 2.38. The van der Waals surface area contributed by atoms with Gasteiger partial charge < -0.3 is 14.6 Å². The molecule has 0 bridgehead atoms. The van der Waals surface area contributed by atoms with Gasteiger partial charge in [-0.05, 0) is 18.6 Å². The Bertz CT molecular complexity index is 373. The van der Waals surface area contributed by atoms with Crippen molar-refractivity contribution in [2.45, 2.75) is 11.4 Å². The Kier molecular flexibility index (Phi) is 7.40. The molecule has 1 heterocycles. The predicted octanol–water partition coefficient (Wildman–Crippen LogP) is 1.93. The van der Waals surface area contributed by atoms with Gasteiger partial charge in [0.2, 0.25) is 0 Å². The molecule has 0 aliphatic heterocycles. The molecule has 0 aliphatic rings. The number of nitrogens with zero attached hydrogens (tertiary/aromatic N) is 1. The lowest BCUT2D eigenvalue weighted by atomic mass is 10.3. The highest BCUT2D eigenvalue weighted by Gasteiger charge is 2.10. The Morgan fingerprint density at radius 2 is 2.28 bits per heavy atom. The molecular formula is C12H17NO4S. The normalized spacial score (nSPS) is 10.5. The third-order valence-corrected chi connectivity index (χ3v) is 3.20. The molecule has 0 saturated heterocycles. The SMILES string of the molecule is COCCOCCCSc1ncccc1C(=O)O. The molecule has 1 aromatic heterocycles. The number of hydrogen-bond donors (Lipinski definition) is 1. The smallest absolute Gasteiger partial charge is 0.338 e. The van der Waals surface area contributed by atoms with Crippen LogP contribution in [0.4, 0.5) is 0 Å². The number of aromatic nitrogens is 1. The van der Waals surface area contributed by atoms with Crippen LogP contribution in [0, 0.1) is 0 Å². The van der Waals surface area contributed by atoms with Gasteiger partial charge >= 0.3 is 5.97 Å². The summed E-state index contributed by atoms with van der Waals surface area (Å²) in [5.74, 6) is -0.161. The molecule has 1 rings (SSSR count). The zero-order valence-electron chi connectivity index (χ0n) is 10.3. The van der Waals surface area contributed by atoms with Gasteiger partial charge in [-0.3, -0.25) is 0 Å². The number of carboxylic acids is 1. The van der Waals surface area contributed by atoms with Crippen molar-refractivity contribution in [2.24, 2.45) is 0 Å². The number of pyridine rings is 1. The van der Waals surface area contributed by atoms with Crippen molar-refractivity contribution >= 4 is 17.7 Å². The van der Waals surface area contributed by atoms with Crippen LogP contribution in [-0.4, -0.2) is 48.7 Å². The Hall–Kier alpha value is -1.11. The average molecular weight is 271 g/mol. The lowest BCUT2D eigenvalue weighted by Crippen LogP contribution is -2.04. The minimum atomic E-state index is -0.943. The lowest BCUT2D eigenvalue weighted by Gasteiger charge is -2.05. The first-order valence-electron chi connectivity index (χ1n) is 5.63. The molecule has 0 aromatic carbocycles. The molecule has 1 N–H and O–H groups in total. The Morgan fingerprint density at radius 3 is 3.00 bits per heavy atom. The van der Waals surface area contributed by atoms with Crippen molar-refractivity contribution in [3.8, 4) is 0 Å². The van der Waals surface area contributed by atoms with Crippen molar-refractivity contribution < 1.29 is 19.4 Å². The first kappa shape index (κ1) is 14.9. The van der Waals surface area contributed by atoms with Gasteiger partial charge in [0, 0.05) is 25.7 Å². The van der Waals surface area contributed by atoms with E-state index in [2.05, 4.69) is 4.98 Å². The topological polar surface area (TPSA) is 68.7 Å². The third-order valence-electron chi connectivity index (χ3n) is 2.11. The van der Waals surface area contributed by atoms with Crippen LogP contribution in [0.25, 0.3) is 0 Å². The second kappa shape index (κ2) is 8.91. The summed E-state index contributed by atoms with van der Waals surface area (Å²) in [5.41, 5.74) is 0.253. The summed E-state index contributed by atoms with van der Waals surface area (Å²) in [6.07, 6.45) is 2.45. The Morgan fingerprint density at radius 1 is 1.44 bits per heavy atom. The summed E-state index contributed by atoms with van der Waals surface area (Å²) in [5, 5.41) is 9.53. The maximum absolute atomic E-state index is 10.9. The first-order valence-corrected chi connectivity index (χ1v) is 6.62. The molecular weight excluding hydrogens is 254 g/mol. The second-order valence-corrected chi connectivity index (χ2v) is 4.55. The monoisotopic (exact) mass is 271 g/mol. The van der Waals surface area contributed by atoms with Crippen molar-refractivity contribution in [1.29, 1.82) is 0 Å². The summed E-state index contributed by atoms with van der Waals surface area (Å²) in [4.78, 5) is 15.0. The summed E-state index contributed by atoms with van der Waals surface area (Å²) in [7, 11) is 1.63. The van der Waals surface area contributed by atoms with E-state index in [1.165, 1.54) is 11.8 Å². The van der Waals surface area contributed by atoms with Gasteiger partial charge in [0.1, 0.15) is 5.03 Å². The van der Waals surface area contributed by atoms with E-state index in [1.54, 1.807) is 25.4 Å². The van der Waals surface area contributed by atoms with Gasteiger partial charge in [-0.25, -0.2) is 9.78 Å². The highest BCUT2D eigenvalue weighted by molar-refractivity contribution is 7.99. The minimum Gasteiger partial charge on any atom is -0.478 e. The molecule has 0 radical (unpaired) electrons. The van der Waals surface area contributed by atoms with E-state index in [-0.39, 0.29) is 5.56 Å². The molecule has 18 heavy (non-hydrogen) atoms. The Balaban J connectivity index is 2.25. The molecule has 6 heteroatoms. The van der Waals surface area contributed by atoms with E-state index in [4.69, 9.17) is 14.6 Å². The van der Waals surface area contributed by atoms with Gasteiger partial charge in [0.15, 0.2) is 0 Å². The van der Waals surface area contributed by atoms with Crippen molar-refractivity contribution in [3.05, 3.63) is 23.9 Å². The molecule has 0 spiro atoms. The summed E-state index contributed by atoms with van der Waals surface area (Å²) < 4.78 is 10.2. The third kappa shape index (κ3) is 5.48. The fraction of sp³-hybridized carbons (Fsp3) is 0.500. The van der Waals surface area contributed by atoms with Crippen LogP contribution in [0.15, 0.2) is 23.4 Å². The maximum atomic E-state index is 10.9. The lowest BCUT2D eigenvalue weighted by molar-refractivity contribution is 0.0692. The van der Waals surface area contributed by atoms with E-state index in [1.807, 2.05) is 0 Å². The number of methoxy groups -OCH3 is 1. The number of thioether (sulfide) groups is 1. The summed E-state index contributed by atoms with van der Waals surface area (Å²) in [6, 6.07) is 3.19. The van der Waals surface area contributed by atoms with Crippen LogP contribution < -0.4 is 0 Å². The standard InChI is InChI=1S/C12H17NO4S/c1-16-7-8-17-6-3-9-18-11-10(12(14)15)4-2-5-13-11/h2,4-5H,3,6-9H2,1H3,(H,14,15). The van der Waals surface area contributed by atoms with Gasteiger partial charge in [0.05, 0.1) is 18.8 Å². The number of rotatable bonds is 9. The fourth-order valence-electron chi connectivity index (χ4n) is 1.24. The van der Waals surface area contributed by atoms with Crippen LogP contribution in [0.1, 0.15) is 16.8 Å². The van der Waals surface area contributed by atoms with Gasteiger partial charge in [-0.1, -0.05) is 0 Å². The number of aromatic carboxylic acids is 1. The van der Waals surface area contributed by atoms with Gasteiger partial charge in [0.25, 0.3) is 0 Å². The van der Waals surface area contributed by atoms with Crippen LogP contribution >= 0.6 is 11.8 Å². The number of ether oxygens (including phenoxy) is 2. The van der Waals surface area contributed by atoms with Crippen molar-refractivity contribution in [1.82, 2.24) is 4.98 Å². The minimum absolute atomic E-state index is 0.253. The first-order chi connectivity index (χ1) is 8.75. The second-order valence-electron chi connectivity index (χ2n) is 3.47. The quantitative estimate of drug-likeness (QED) is 0.546. The zero-order chi connectivity index (χ0) is 13.2. The molecule has 0 aliphatic carbocycles. The molecule has 0 unspecified atom stereocenters. The molecule has 0 amide bonds. The zero-order valence-corrected chi connectivity index (χ0v) is 11.1. The Labute approximate surface area is 111 Å². The largest absolute Gasteiger partial charge is 0.478 e. The number of carbonyl (C=O) groups is 1. The molecule has 5 nitrogen and oxygen atoms in total. The van der Waals surface area contributed by atoms with E-state index in [0.717, 1.165) is 12.2 Å². The summed E-state index contributed by atoms with van der Waals surface area (Å²) in [6.45, 7) is 1.83. The maximum Gasteiger partial charge on any atom is 0.338 e. The molecule has 0 fully saturated rings. The predicted molar refractivity (Wildman–Crippen MR) is 69.2 cm³/mol. The molecule has 0 atom stereocenters. The van der Waals surface area contributed by atoms with Crippen LogP contribution in [0.2, 0.25) is 0 Å². The number of hydrogen-bond acceptors (Lipinski definition) is 5. The van der Waals surface area contributed by atoms with Crippen LogP contribution in [-0.2, 0) is 9.47 Å². The van der Waals surface area contributed by atoms with Gasteiger partial charge in [-0.15, -0.1) is 11.8 Å².